The summed E-state index contributed by atoms with van der Waals surface area (Å²) in [7, 11) is 0. The van der Waals surface area contributed by atoms with E-state index in [1.54, 1.807) is 12.3 Å². The van der Waals surface area contributed by atoms with E-state index in [4.69, 9.17) is 5.73 Å². The molecule has 90 valence electrons. The summed E-state index contributed by atoms with van der Waals surface area (Å²) >= 11 is 0. The molecule has 1 aromatic heterocycles. The molecule has 0 saturated carbocycles. The van der Waals surface area contributed by atoms with Crippen LogP contribution in [0.2, 0.25) is 0 Å². The standard InChI is InChI=1S/C12H21N3O/c1-5-12(3,4)14-11(16)10-7-9(13)8-15(10)6-2/h7-8H,5-6,13H2,1-4H3,(H,14,16). The lowest BCUT2D eigenvalue weighted by molar-refractivity contribution is 0.0902. The summed E-state index contributed by atoms with van der Waals surface area (Å²) in [5, 5.41) is 2.99. The Bertz CT molecular complexity index is 380. The third-order valence-corrected chi connectivity index (χ3v) is 2.83. The fraction of sp³-hybridized carbons (Fsp3) is 0.583. The Morgan fingerprint density at radius 3 is 2.62 bits per heavy atom. The zero-order chi connectivity index (χ0) is 12.3. The minimum absolute atomic E-state index is 0.0644. The maximum absolute atomic E-state index is 12.0. The zero-order valence-electron chi connectivity index (χ0n) is 10.5. The van der Waals surface area contributed by atoms with Crippen LogP contribution in [-0.4, -0.2) is 16.0 Å². The summed E-state index contributed by atoms with van der Waals surface area (Å²) < 4.78 is 1.86. The van der Waals surface area contributed by atoms with Crippen molar-refractivity contribution in [2.45, 2.75) is 46.2 Å². The smallest absolute Gasteiger partial charge is 0.268 e. The minimum atomic E-state index is -0.186. The predicted molar refractivity (Wildman–Crippen MR) is 66.4 cm³/mol. The SMILES string of the molecule is CCn1cc(N)cc1C(=O)NC(C)(C)CC. The van der Waals surface area contributed by atoms with E-state index in [2.05, 4.69) is 5.32 Å². The molecule has 16 heavy (non-hydrogen) atoms. The molecule has 0 atom stereocenters. The van der Waals surface area contributed by atoms with Crippen LogP contribution in [0.4, 0.5) is 5.69 Å². The van der Waals surface area contributed by atoms with Crippen molar-refractivity contribution in [2.75, 3.05) is 5.73 Å². The van der Waals surface area contributed by atoms with Gasteiger partial charge in [0.1, 0.15) is 5.69 Å². The number of hydrogen-bond donors (Lipinski definition) is 2. The number of anilines is 1. The fourth-order valence-corrected chi connectivity index (χ4v) is 1.44. The van der Waals surface area contributed by atoms with E-state index in [-0.39, 0.29) is 11.4 Å². The van der Waals surface area contributed by atoms with Crippen LogP contribution in [0.25, 0.3) is 0 Å². The van der Waals surface area contributed by atoms with Crippen LogP contribution in [0.3, 0.4) is 0 Å². The third kappa shape index (κ3) is 2.78. The summed E-state index contributed by atoms with van der Waals surface area (Å²) in [5.41, 5.74) is 6.76. The Hall–Kier alpha value is -1.45. The quantitative estimate of drug-likeness (QED) is 0.820. The maximum Gasteiger partial charge on any atom is 0.268 e. The lowest BCUT2D eigenvalue weighted by Crippen LogP contribution is -2.43. The summed E-state index contributed by atoms with van der Waals surface area (Å²) in [6.45, 7) is 8.79. The molecule has 1 heterocycles. The van der Waals surface area contributed by atoms with Gasteiger partial charge in [-0.15, -0.1) is 0 Å². The number of nitrogens with two attached hydrogens (primary N) is 1. The molecule has 0 aromatic carbocycles. The van der Waals surface area contributed by atoms with Crippen molar-refractivity contribution in [1.29, 1.82) is 0 Å². The predicted octanol–water partition coefficient (Wildman–Crippen LogP) is 2.01. The highest BCUT2D eigenvalue weighted by atomic mass is 16.2. The number of rotatable bonds is 4. The van der Waals surface area contributed by atoms with Crippen LogP contribution < -0.4 is 11.1 Å². The molecule has 1 aromatic rings. The van der Waals surface area contributed by atoms with E-state index in [9.17, 15) is 4.79 Å². The van der Waals surface area contributed by atoms with E-state index in [0.717, 1.165) is 13.0 Å². The Balaban J connectivity index is 2.88. The summed E-state index contributed by atoms with van der Waals surface area (Å²) in [4.78, 5) is 12.0. The van der Waals surface area contributed by atoms with Crippen molar-refractivity contribution in [2.24, 2.45) is 0 Å². The highest BCUT2D eigenvalue weighted by Crippen LogP contribution is 2.13. The lowest BCUT2D eigenvalue weighted by Gasteiger charge is -2.24. The molecule has 0 spiro atoms. The van der Waals surface area contributed by atoms with E-state index in [0.29, 0.717) is 11.4 Å². The first-order valence-corrected chi connectivity index (χ1v) is 5.67. The minimum Gasteiger partial charge on any atom is -0.397 e. The molecule has 0 aliphatic carbocycles. The Kier molecular flexibility index (Phi) is 3.62. The number of aromatic nitrogens is 1. The highest BCUT2D eigenvalue weighted by molar-refractivity contribution is 5.94. The van der Waals surface area contributed by atoms with Gasteiger partial charge in [0.2, 0.25) is 0 Å². The van der Waals surface area contributed by atoms with Crippen molar-refractivity contribution < 1.29 is 4.79 Å². The van der Waals surface area contributed by atoms with Gasteiger partial charge in [0, 0.05) is 18.3 Å². The highest BCUT2D eigenvalue weighted by Gasteiger charge is 2.20. The molecule has 0 bridgehead atoms. The summed E-state index contributed by atoms with van der Waals surface area (Å²) in [6, 6.07) is 1.71. The fourth-order valence-electron chi connectivity index (χ4n) is 1.44. The van der Waals surface area contributed by atoms with Gasteiger partial charge in [0.15, 0.2) is 0 Å². The first-order chi connectivity index (χ1) is 7.39. The second-order valence-corrected chi connectivity index (χ2v) is 4.64. The van der Waals surface area contributed by atoms with Gasteiger partial charge in [-0.05, 0) is 33.3 Å². The third-order valence-electron chi connectivity index (χ3n) is 2.83. The first kappa shape index (κ1) is 12.6. The van der Waals surface area contributed by atoms with Crippen molar-refractivity contribution in [3.8, 4) is 0 Å². The van der Waals surface area contributed by atoms with Gasteiger partial charge in [0.25, 0.3) is 5.91 Å². The summed E-state index contributed by atoms with van der Waals surface area (Å²) in [6.07, 6.45) is 2.68. The van der Waals surface area contributed by atoms with Crippen molar-refractivity contribution in [3.63, 3.8) is 0 Å². The molecule has 4 nitrogen and oxygen atoms in total. The van der Waals surface area contributed by atoms with E-state index < -0.39 is 0 Å². The first-order valence-electron chi connectivity index (χ1n) is 5.67. The van der Waals surface area contributed by atoms with Gasteiger partial charge >= 0.3 is 0 Å². The van der Waals surface area contributed by atoms with Crippen LogP contribution >= 0.6 is 0 Å². The monoisotopic (exact) mass is 223 g/mol. The molecule has 0 aliphatic rings. The normalized spacial score (nSPS) is 11.5. The van der Waals surface area contributed by atoms with Gasteiger partial charge in [-0.1, -0.05) is 6.92 Å². The molecule has 4 heteroatoms. The molecule has 3 N–H and O–H groups in total. The number of nitrogens with one attached hydrogen (secondary N) is 1. The second kappa shape index (κ2) is 4.60. The van der Waals surface area contributed by atoms with Crippen LogP contribution in [0.15, 0.2) is 12.3 Å². The van der Waals surface area contributed by atoms with Crippen LogP contribution in [0.5, 0.6) is 0 Å². The summed E-state index contributed by atoms with van der Waals surface area (Å²) in [5.74, 6) is -0.0644. The lowest BCUT2D eigenvalue weighted by atomic mass is 10.0. The van der Waals surface area contributed by atoms with Gasteiger partial charge < -0.3 is 15.6 Å². The van der Waals surface area contributed by atoms with Crippen LogP contribution in [0.1, 0.15) is 44.6 Å². The van der Waals surface area contributed by atoms with Gasteiger partial charge in [-0.2, -0.15) is 0 Å². The average molecular weight is 223 g/mol. The number of amides is 1. The van der Waals surface area contributed by atoms with E-state index in [1.807, 2.05) is 32.3 Å². The molecule has 0 fully saturated rings. The largest absolute Gasteiger partial charge is 0.397 e. The van der Waals surface area contributed by atoms with Crippen molar-refractivity contribution >= 4 is 11.6 Å². The second-order valence-electron chi connectivity index (χ2n) is 4.64. The molecule has 0 radical (unpaired) electrons. The Labute approximate surface area is 96.8 Å². The molecule has 0 aliphatic heterocycles. The van der Waals surface area contributed by atoms with Gasteiger partial charge in [-0.25, -0.2) is 0 Å². The molecular formula is C12H21N3O. The topological polar surface area (TPSA) is 60.0 Å². The Morgan fingerprint density at radius 1 is 1.50 bits per heavy atom. The number of nitrogen functional groups attached to an aromatic ring is 1. The zero-order valence-corrected chi connectivity index (χ0v) is 10.5. The molecule has 1 rings (SSSR count). The van der Waals surface area contributed by atoms with Crippen molar-refractivity contribution in [3.05, 3.63) is 18.0 Å². The molecule has 0 unspecified atom stereocenters. The van der Waals surface area contributed by atoms with Crippen LogP contribution in [0, 0.1) is 0 Å². The number of nitrogens with zero attached hydrogens (tertiary/aromatic N) is 1. The van der Waals surface area contributed by atoms with Gasteiger partial charge in [-0.3, -0.25) is 4.79 Å². The molecular weight excluding hydrogens is 202 g/mol. The van der Waals surface area contributed by atoms with E-state index in [1.165, 1.54) is 0 Å². The maximum atomic E-state index is 12.0. The number of hydrogen-bond acceptors (Lipinski definition) is 2. The van der Waals surface area contributed by atoms with Crippen molar-refractivity contribution in [1.82, 2.24) is 9.88 Å². The van der Waals surface area contributed by atoms with Crippen LogP contribution in [-0.2, 0) is 6.54 Å². The molecule has 1 amide bonds. The number of carbonyl (C=O) groups excluding carboxylic acids is 1. The number of carbonyl (C=O) groups is 1. The van der Waals surface area contributed by atoms with Gasteiger partial charge in [0.05, 0.1) is 5.69 Å². The average Bonchev–Trinajstić information content (AvgIpc) is 2.59. The molecule has 0 saturated heterocycles. The van der Waals surface area contributed by atoms with E-state index >= 15 is 0 Å². The number of aryl methyl sites for hydroxylation is 1. The Morgan fingerprint density at radius 2 is 2.12 bits per heavy atom.